The molecule has 0 atom stereocenters. The average Bonchev–Trinajstić information content (AvgIpc) is 2.56. The van der Waals surface area contributed by atoms with Gasteiger partial charge in [0.25, 0.3) is 0 Å². The molecule has 1 saturated heterocycles. The van der Waals surface area contributed by atoms with Crippen molar-refractivity contribution >= 4 is 35.8 Å². The van der Waals surface area contributed by atoms with Gasteiger partial charge in [0.1, 0.15) is 5.82 Å². The fraction of sp³-hybridized carbons (Fsp3) is 0.647. The molecule has 2 heterocycles. The lowest BCUT2D eigenvalue weighted by Crippen LogP contribution is -2.45. The van der Waals surface area contributed by atoms with Crippen LogP contribution in [0, 0.1) is 5.92 Å². The van der Waals surface area contributed by atoms with E-state index in [4.69, 9.17) is 0 Å². The standard InChI is InChI=1S/C17H30N6.HI/c1-14(2)12-20-17(18-3)21-13-15-6-5-7-19-16(15)23-10-8-22(4)9-11-23;/h5-7,14H,8-13H2,1-4H3,(H2,18,20,21);1H. The zero-order valence-corrected chi connectivity index (χ0v) is 17.6. The lowest BCUT2D eigenvalue weighted by atomic mass is 10.2. The summed E-state index contributed by atoms with van der Waals surface area (Å²) in [7, 11) is 3.98. The van der Waals surface area contributed by atoms with Crippen molar-refractivity contribution in [3.63, 3.8) is 0 Å². The Balaban J connectivity index is 0.00000288. The Bertz CT molecular complexity index is 512. The molecule has 2 N–H and O–H groups in total. The zero-order chi connectivity index (χ0) is 16.7. The molecule has 1 aliphatic rings. The van der Waals surface area contributed by atoms with Crippen molar-refractivity contribution in [2.24, 2.45) is 10.9 Å². The van der Waals surface area contributed by atoms with E-state index in [1.165, 1.54) is 5.56 Å². The molecule has 2 rings (SSSR count). The predicted octanol–water partition coefficient (Wildman–Crippen LogP) is 1.77. The van der Waals surface area contributed by atoms with Crippen LogP contribution < -0.4 is 15.5 Å². The van der Waals surface area contributed by atoms with Gasteiger partial charge in [-0.05, 0) is 19.0 Å². The van der Waals surface area contributed by atoms with E-state index in [0.29, 0.717) is 5.92 Å². The number of hydrogen-bond donors (Lipinski definition) is 2. The molecule has 7 heteroatoms. The lowest BCUT2D eigenvalue weighted by molar-refractivity contribution is 0.312. The van der Waals surface area contributed by atoms with E-state index < -0.39 is 0 Å². The summed E-state index contributed by atoms with van der Waals surface area (Å²) in [6, 6.07) is 4.14. The highest BCUT2D eigenvalue weighted by atomic mass is 127. The maximum Gasteiger partial charge on any atom is 0.191 e. The molecule has 6 nitrogen and oxygen atoms in total. The van der Waals surface area contributed by atoms with E-state index >= 15 is 0 Å². The number of pyridine rings is 1. The van der Waals surface area contributed by atoms with Gasteiger partial charge in [-0.2, -0.15) is 0 Å². The maximum atomic E-state index is 4.61. The first kappa shape index (κ1) is 21.0. The van der Waals surface area contributed by atoms with Crippen LogP contribution in [0.25, 0.3) is 0 Å². The average molecular weight is 446 g/mol. The van der Waals surface area contributed by atoms with E-state index in [-0.39, 0.29) is 24.0 Å². The summed E-state index contributed by atoms with van der Waals surface area (Å²) in [5.41, 5.74) is 1.21. The van der Waals surface area contributed by atoms with E-state index in [1.54, 1.807) is 7.05 Å². The first-order valence-corrected chi connectivity index (χ1v) is 8.42. The van der Waals surface area contributed by atoms with Crippen molar-refractivity contribution in [1.82, 2.24) is 20.5 Å². The number of piperazine rings is 1. The van der Waals surface area contributed by atoms with Crippen molar-refractivity contribution < 1.29 is 0 Å². The van der Waals surface area contributed by atoms with Gasteiger partial charge in [0.05, 0.1) is 0 Å². The van der Waals surface area contributed by atoms with Gasteiger partial charge in [-0.25, -0.2) is 4.98 Å². The normalized spacial score (nSPS) is 16.0. The van der Waals surface area contributed by atoms with Crippen molar-refractivity contribution in [2.75, 3.05) is 51.7 Å². The number of aromatic nitrogens is 1. The van der Waals surface area contributed by atoms with Crippen molar-refractivity contribution in [2.45, 2.75) is 20.4 Å². The molecular formula is C17H31IN6. The SMILES string of the molecule is CN=C(NCc1cccnc1N1CCN(C)CC1)NCC(C)C.I. The van der Waals surface area contributed by atoms with Gasteiger partial charge in [-0.1, -0.05) is 19.9 Å². The summed E-state index contributed by atoms with van der Waals surface area (Å²) in [5, 5.41) is 6.73. The number of likely N-dealkylation sites (N-methyl/N-ethyl adjacent to an activating group) is 1. The van der Waals surface area contributed by atoms with Gasteiger partial charge in [-0.3, -0.25) is 4.99 Å². The second kappa shape index (κ2) is 10.7. The van der Waals surface area contributed by atoms with Crippen molar-refractivity contribution in [3.05, 3.63) is 23.9 Å². The van der Waals surface area contributed by atoms with E-state index in [9.17, 15) is 0 Å². The highest BCUT2D eigenvalue weighted by Gasteiger charge is 2.17. The highest BCUT2D eigenvalue weighted by Crippen LogP contribution is 2.18. The maximum absolute atomic E-state index is 4.61. The molecule has 24 heavy (non-hydrogen) atoms. The summed E-state index contributed by atoms with van der Waals surface area (Å²) in [4.78, 5) is 13.6. The molecule has 1 aliphatic heterocycles. The van der Waals surface area contributed by atoms with Crippen molar-refractivity contribution in [3.8, 4) is 0 Å². The van der Waals surface area contributed by atoms with Gasteiger partial charge >= 0.3 is 0 Å². The van der Waals surface area contributed by atoms with Gasteiger partial charge in [0.2, 0.25) is 0 Å². The minimum Gasteiger partial charge on any atom is -0.356 e. The Labute approximate surface area is 163 Å². The molecule has 0 aliphatic carbocycles. The van der Waals surface area contributed by atoms with Crippen LogP contribution >= 0.6 is 24.0 Å². The smallest absolute Gasteiger partial charge is 0.191 e. The first-order chi connectivity index (χ1) is 11.1. The molecule has 0 saturated carbocycles. The molecule has 0 amide bonds. The van der Waals surface area contributed by atoms with Gasteiger partial charge in [-0.15, -0.1) is 24.0 Å². The van der Waals surface area contributed by atoms with Crippen LogP contribution in [0.4, 0.5) is 5.82 Å². The summed E-state index contributed by atoms with van der Waals surface area (Å²) in [5.74, 6) is 2.52. The molecule has 0 spiro atoms. The summed E-state index contributed by atoms with van der Waals surface area (Å²) in [6.45, 7) is 10.2. The Morgan fingerprint density at radius 2 is 1.96 bits per heavy atom. The fourth-order valence-corrected chi connectivity index (χ4v) is 2.57. The van der Waals surface area contributed by atoms with Crippen LogP contribution in [0.3, 0.4) is 0 Å². The minimum atomic E-state index is 0. The molecule has 0 radical (unpaired) electrons. The van der Waals surface area contributed by atoms with Crippen LogP contribution in [0.15, 0.2) is 23.3 Å². The highest BCUT2D eigenvalue weighted by molar-refractivity contribution is 14.0. The number of guanidine groups is 1. The molecule has 136 valence electrons. The number of aliphatic imine (C=N–C) groups is 1. The molecule has 1 aromatic rings. The Morgan fingerprint density at radius 3 is 2.58 bits per heavy atom. The number of anilines is 1. The summed E-state index contributed by atoms with van der Waals surface area (Å²) in [6.07, 6.45) is 1.88. The third-order valence-corrected chi connectivity index (χ3v) is 4.02. The van der Waals surface area contributed by atoms with Gasteiger partial charge < -0.3 is 20.4 Å². The quantitative estimate of drug-likeness (QED) is 0.410. The topological polar surface area (TPSA) is 55.8 Å². The number of nitrogens with one attached hydrogen (secondary N) is 2. The first-order valence-electron chi connectivity index (χ1n) is 8.42. The van der Waals surface area contributed by atoms with Crippen LogP contribution in [-0.4, -0.2) is 62.7 Å². The minimum absolute atomic E-state index is 0. The number of halogens is 1. The van der Waals surface area contributed by atoms with E-state index in [1.807, 2.05) is 12.3 Å². The molecule has 1 aromatic heterocycles. The van der Waals surface area contributed by atoms with E-state index in [2.05, 4.69) is 57.4 Å². The zero-order valence-electron chi connectivity index (χ0n) is 15.2. The van der Waals surface area contributed by atoms with Crippen LogP contribution in [0.2, 0.25) is 0 Å². The van der Waals surface area contributed by atoms with Gasteiger partial charge in [0, 0.05) is 58.1 Å². The predicted molar refractivity (Wildman–Crippen MR) is 112 cm³/mol. The fourth-order valence-electron chi connectivity index (χ4n) is 2.57. The number of nitrogens with zero attached hydrogens (tertiary/aromatic N) is 4. The summed E-state index contributed by atoms with van der Waals surface area (Å²) < 4.78 is 0. The molecular weight excluding hydrogens is 415 g/mol. The number of hydrogen-bond acceptors (Lipinski definition) is 4. The monoisotopic (exact) mass is 446 g/mol. The Hall–Kier alpha value is -1.09. The largest absolute Gasteiger partial charge is 0.356 e. The van der Waals surface area contributed by atoms with E-state index in [0.717, 1.165) is 51.0 Å². The Morgan fingerprint density at radius 1 is 1.25 bits per heavy atom. The molecule has 0 bridgehead atoms. The second-order valence-corrected chi connectivity index (χ2v) is 6.48. The molecule has 0 unspecified atom stereocenters. The third kappa shape index (κ3) is 6.43. The lowest BCUT2D eigenvalue weighted by Gasteiger charge is -2.34. The Kier molecular flexibility index (Phi) is 9.35. The summed E-state index contributed by atoms with van der Waals surface area (Å²) >= 11 is 0. The van der Waals surface area contributed by atoms with Gasteiger partial charge in [0.15, 0.2) is 5.96 Å². The van der Waals surface area contributed by atoms with Crippen LogP contribution in [-0.2, 0) is 6.54 Å². The molecule has 1 fully saturated rings. The van der Waals surface area contributed by atoms with Crippen molar-refractivity contribution in [1.29, 1.82) is 0 Å². The second-order valence-electron chi connectivity index (χ2n) is 6.48. The number of rotatable bonds is 5. The van der Waals surface area contributed by atoms with Crippen LogP contribution in [0.1, 0.15) is 19.4 Å². The molecule has 0 aromatic carbocycles. The van der Waals surface area contributed by atoms with Crippen LogP contribution in [0.5, 0.6) is 0 Å². The third-order valence-electron chi connectivity index (χ3n) is 4.02.